The van der Waals surface area contributed by atoms with Crippen molar-refractivity contribution in [1.29, 1.82) is 0 Å². The Balaban J connectivity index is 1.84. The average molecular weight is 362 g/mol. The zero-order valence-electron chi connectivity index (χ0n) is 13.1. The van der Waals surface area contributed by atoms with Crippen molar-refractivity contribution < 1.29 is 18.0 Å². The number of nitrogens with zero attached hydrogens (tertiary/aromatic N) is 2. The molecule has 1 aromatic carbocycles. The van der Waals surface area contributed by atoms with Gasteiger partial charge in [-0.05, 0) is 31.0 Å². The summed E-state index contributed by atoms with van der Waals surface area (Å²) in [5, 5.41) is 0. The summed E-state index contributed by atoms with van der Waals surface area (Å²) in [5.41, 5.74) is 0.587. The number of halogens is 2. The summed E-state index contributed by atoms with van der Waals surface area (Å²) in [6, 6.07) is 4.10. The third kappa shape index (κ3) is 6.16. The summed E-state index contributed by atoms with van der Waals surface area (Å²) in [4.78, 5) is 6.44. The predicted octanol–water partition coefficient (Wildman–Crippen LogP) is 2.82. The summed E-state index contributed by atoms with van der Waals surface area (Å²) in [6.07, 6.45) is 1.29. The largest absolute Gasteiger partial charge is 0.463 e. The number of ether oxygens (including phenoxy) is 1. The van der Waals surface area contributed by atoms with Gasteiger partial charge in [0, 0.05) is 31.9 Å². The van der Waals surface area contributed by atoms with E-state index in [9.17, 15) is 8.78 Å². The number of amidine groups is 1. The van der Waals surface area contributed by atoms with Crippen LogP contribution in [-0.4, -0.2) is 49.9 Å². The van der Waals surface area contributed by atoms with E-state index < -0.39 is 18.6 Å². The molecule has 1 heterocycles. The average Bonchev–Trinajstić information content (AvgIpc) is 2.92. The van der Waals surface area contributed by atoms with Crippen molar-refractivity contribution >= 4 is 24.8 Å². The third-order valence-corrected chi connectivity index (χ3v) is 5.53. The second-order valence-corrected chi connectivity index (χ2v) is 7.98. The van der Waals surface area contributed by atoms with Crippen LogP contribution in [0.25, 0.3) is 0 Å². The number of hydrogen-bond acceptors (Lipinski definition) is 4. The molecule has 0 bridgehead atoms. The first-order valence-corrected chi connectivity index (χ1v) is 10.4. The first-order chi connectivity index (χ1) is 11.1. The molecular formula is C15H21F2N2O2PS. The Hall–Kier alpha value is -1.04. The van der Waals surface area contributed by atoms with Gasteiger partial charge < -0.3 is 14.2 Å². The molecule has 128 valence electrons. The van der Waals surface area contributed by atoms with Crippen LogP contribution in [0.3, 0.4) is 0 Å². The van der Waals surface area contributed by atoms with Gasteiger partial charge >= 0.3 is 0 Å². The molecule has 23 heavy (non-hydrogen) atoms. The highest BCUT2D eigenvalue weighted by molar-refractivity contribution is 8.02. The van der Waals surface area contributed by atoms with Gasteiger partial charge in [0.05, 0.1) is 13.5 Å². The highest BCUT2D eigenvalue weighted by Crippen LogP contribution is 2.22. The molecule has 2 rings (SSSR count). The summed E-state index contributed by atoms with van der Waals surface area (Å²) in [5.74, 6) is -1.13. The first kappa shape index (κ1) is 18.3. The first-order valence-electron chi connectivity index (χ1n) is 7.61. The van der Waals surface area contributed by atoms with Crippen molar-refractivity contribution in [2.24, 2.45) is 4.99 Å². The molecule has 1 aliphatic heterocycles. The smallest absolute Gasteiger partial charge is 0.287 e. The van der Waals surface area contributed by atoms with Crippen LogP contribution in [0, 0.1) is 11.6 Å². The fourth-order valence-electron chi connectivity index (χ4n) is 2.28. The van der Waals surface area contributed by atoms with Crippen molar-refractivity contribution in [1.82, 2.24) is 4.90 Å². The minimum absolute atomic E-state index is 0.422. The van der Waals surface area contributed by atoms with Crippen LogP contribution >= 0.6 is 6.92 Å². The Kier molecular flexibility index (Phi) is 7.40. The zero-order chi connectivity index (χ0) is 16.7. The molecule has 0 amide bonds. The quantitative estimate of drug-likeness (QED) is 0.666. The van der Waals surface area contributed by atoms with Crippen molar-refractivity contribution in [3.63, 3.8) is 0 Å². The molecule has 8 heteroatoms. The van der Waals surface area contributed by atoms with Gasteiger partial charge in [0.25, 0.3) is 6.02 Å². The minimum Gasteiger partial charge on any atom is -0.463 e. The number of hydrogen-bond donors (Lipinski definition) is 0. The highest BCUT2D eigenvalue weighted by atomic mass is 32.4. The van der Waals surface area contributed by atoms with E-state index in [0.29, 0.717) is 37.8 Å². The van der Waals surface area contributed by atoms with Gasteiger partial charge in [-0.2, -0.15) is 0 Å². The lowest BCUT2D eigenvalue weighted by atomic mass is 10.1. The van der Waals surface area contributed by atoms with E-state index in [0.717, 1.165) is 25.3 Å². The molecule has 0 aromatic heterocycles. The van der Waals surface area contributed by atoms with Crippen molar-refractivity contribution in [2.45, 2.75) is 13.3 Å². The maximum atomic E-state index is 13.1. The van der Waals surface area contributed by atoms with E-state index in [-0.39, 0.29) is 0 Å². The van der Waals surface area contributed by atoms with E-state index in [4.69, 9.17) is 21.1 Å². The van der Waals surface area contributed by atoms with E-state index in [1.165, 1.54) is 12.1 Å². The van der Waals surface area contributed by atoms with Crippen LogP contribution in [0.1, 0.15) is 12.5 Å². The monoisotopic (exact) mass is 362 g/mol. The van der Waals surface area contributed by atoms with Crippen molar-refractivity contribution in [2.75, 3.05) is 39.0 Å². The third-order valence-electron chi connectivity index (χ3n) is 3.32. The van der Waals surface area contributed by atoms with Crippen LogP contribution in [0.5, 0.6) is 0 Å². The SMILES string of the molecule is CCO[PH](=S)CCN1CCOC1=NCCc1cc(F)cc(F)c1. The van der Waals surface area contributed by atoms with Gasteiger partial charge in [-0.25, -0.2) is 13.8 Å². The lowest BCUT2D eigenvalue weighted by Crippen LogP contribution is -2.28. The van der Waals surface area contributed by atoms with E-state index in [2.05, 4.69) is 4.99 Å². The molecule has 1 fully saturated rings. The fourth-order valence-corrected chi connectivity index (χ4v) is 3.83. The van der Waals surface area contributed by atoms with Crippen LogP contribution in [0.4, 0.5) is 8.78 Å². The molecule has 4 nitrogen and oxygen atoms in total. The molecule has 0 spiro atoms. The van der Waals surface area contributed by atoms with E-state index in [1.807, 2.05) is 11.8 Å². The summed E-state index contributed by atoms with van der Waals surface area (Å²) < 4.78 is 37.2. The Labute approximate surface area is 141 Å². The highest BCUT2D eigenvalue weighted by Gasteiger charge is 2.19. The van der Waals surface area contributed by atoms with E-state index >= 15 is 0 Å². The molecule has 1 unspecified atom stereocenters. The molecular weight excluding hydrogens is 341 g/mol. The van der Waals surface area contributed by atoms with E-state index in [1.54, 1.807) is 0 Å². The van der Waals surface area contributed by atoms with Gasteiger partial charge in [-0.1, -0.05) is 11.8 Å². The topological polar surface area (TPSA) is 34.1 Å². The number of rotatable bonds is 8. The number of benzene rings is 1. The standard InChI is InChI=1S/C15H21F2N2O2PS/c1-2-21-22(23)8-6-19-5-7-20-15(19)18-4-3-12-9-13(16)11-14(17)10-12/h9-11,22H,2-8H2,1H3. The molecule has 0 N–H and O–H groups in total. The summed E-state index contributed by atoms with van der Waals surface area (Å²) in [7, 11) is 0. The van der Waals surface area contributed by atoms with Gasteiger partial charge in [-0.3, -0.25) is 0 Å². The normalized spacial score (nSPS) is 17.5. The molecule has 0 saturated carbocycles. The Morgan fingerprint density at radius 3 is 2.78 bits per heavy atom. The Bertz CT molecular complexity index is 566. The van der Waals surface area contributed by atoms with Crippen molar-refractivity contribution in [3.8, 4) is 0 Å². The number of aliphatic imine (C=N–C) groups is 1. The minimum atomic E-state index is -1.18. The maximum absolute atomic E-state index is 13.1. The molecule has 1 aliphatic rings. The zero-order valence-corrected chi connectivity index (χ0v) is 14.9. The van der Waals surface area contributed by atoms with Crippen LogP contribution < -0.4 is 0 Å². The fraction of sp³-hybridized carbons (Fsp3) is 0.533. The van der Waals surface area contributed by atoms with Crippen molar-refractivity contribution in [3.05, 3.63) is 35.4 Å². The lowest BCUT2D eigenvalue weighted by molar-refractivity contribution is 0.350. The van der Waals surface area contributed by atoms with Gasteiger partial charge in [0.2, 0.25) is 0 Å². The summed E-state index contributed by atoms with van der Waals surface area (Å²) in [6.45, 7) is 3.99. The molecule has 1 saturated heterocycles. The summed E-state index contributed by atoms with van der Waals surface area (Å²) >= 11 is 5.29. The van der Waals surface area contributed by atoms with Gasteiger partial charge in [0.15, 0.2) is 0 Å². The Morgan fingerprint density at radius 1 is 1.35 bits per heavy atom. The second-order valence-electron chi connectivity index (χ2n) is 5.08. The molecule has 0 radical (unpaired) electrons. The van der Waals surface area contributed by atoms with Crippen LogP contribution in [0.2, 0.25) is 0 Å². The van der Waals surface area contributed by atoms with Gasteiger partial charge in [-0.15, -0.1) is 0 Å². The van der Waals surface area contributed by atoms with Gasteiger partial charge in [0.1, 0.15) is 18.2 Å². The van der Waals surface area contributed by atoms with Crippen LogP contribution in [-0.2, 0) is 27.5 Å². The molecule has 0 aliphatic carbocycles. The second kappa shape index (κ2) is 9.30. The molecule has 1 atom stereocenters. The Morgan fingerprint density at radius 2 is 2.09 bits per heavy atom. The predicted molar refractivity (Wildman–Crippen MR) is 92.1 cm³/mol. The molecule has 1 aromatic rings. The van der Waals surface area contributed by atoms with Crippen LogP contribution in [0.15, 0.2) is 23.2 Å². The maximum Gasteiger partial charge on any atom is 0.287 e. The lowest BCUT2D eigenvalue weighted by Gasteiger charge is -2.16.